The summed E-state index contributed by atoms with van der Waals surface area (Å²) in [7, 11) is -2.29. The largest absolute Gasteiger partial charge is 0.465 e. The molecule has 1 aromatic heterocycles. The van der Waals surface area contributed by atoms with Gasteiger partial charge in [-0.05, 0) is 19.1 Å². The Hall–Kier alpha value is -2.26. The summed E-state index contributed by atoms with van der Waals surface area (Å²) in [4.78, 5) is 28.1. The third-order valence-corrected chi connectivity index (χ3v) is 5.13. The van der Waals surface area contributed by atoms with E-state index in [2.05, 4.69) is 15.0 Å². The van der Waals surface area contributed by atoms with E-state index in [4.69, 9.17) is 0 Å². The number of rotatable bonds is 4. The van der Waals surface area contributed by atoms with Crippen LogP contribution in [0.2, 0.25) is 0 Å². The minimum atomic E-state index is -3.54. The highest BCUT2D eigenvalue weighted by atomic mass is 32.2. The summed E-state index contributed by atoms with van der Waals surface area (Å²) in [5.74, 6) is -1.16. The molecule has 122 valence electrons. The number of carbonyl (C=O) groups is 2. The molecule has 0 unspecified atom stereocenters. The summed E-state index contributed by atoms with van der Waals surface area (Å²) >= 11 is 0.961. The predicted molar refractivity (Wildman–Crippen MR) is 85.7 cm³/mol. The van der Waals surface area contributed by atoms with E-state index in [9.17, 15) is 18.0 Å². The lowest BCUT2D eigenvalue weighted by Gasteiger charge is -2.06. The Bertz CT molecular complexity index is 871. The average Bonchev–Trinajstić information content (AvgIpc) is 2.86. The maximum atomic E-state index is 12.3. The molecule has 7 nitrogen and oxygen atoms in total. The van der Waals surface area contributed by atoms with Crippen molar-refractivity contribution in [2.45, 2.75) is 11.8 Å². The van der Waals surface area contributed by atoms with Crippen molar-refractivity contribution >= 4 is 38.2 Å². The number of thiazole rings is 1. The molecule has 0 aliphatic heterocycles. The maximum Gasteiger partial charge on any atom is 0.350 e. The van der Waals surface area contributed by atoms with E-state index in [-0.39, 0.29) is 20.5 Å². The van der Waals surface area contributed by atoms with E-state index in [1.807, 2.05) is 0 Å². The molecule has 1 heterocycles. The number of sulfone groups is 1. The fourth-order valence-corrected chi connectivity index (χ4v) is 3.64. The van der Waals surface area contributed by atoms with Crippen LogP contribution in [-0.4, -0.2) is 38.6 Å². The molecule has 9 heteroatoms. The lowest BCUT2D eigenvalue weighted by molar-refractivity contribution is 0.0605. The summed E-state index contributed by atoms with van der Waals surface area (Å²) < 4.78 is 28.1. The van der Waals surface area contributed by atoms with Gasteiger partial charge >= 0.3 is 5.97 Å². The summed E-state index contributed by atoms with van der Waals surface area (Å²) in [5.41, 5.74) is 0.441. The van der Waals surface area contributed by atoms with Crippen LogP contribution >= 0.6 is 11.3 Å². The van der Waals surface area contributed by atoms with E-state index in [0.717, 1.165) is 17.6 Å². The van der Waals surface area contributed by atoms with Crippen molar-refractivity contribution in [3.63, 3.8) is 0 Å². The zero-order chi connectivity index (χ0) is 17.2. The molecule has 1 amide bonds. The van der Waals surface area contributed by atoms with Gasteiger partial charge in [-0.2, -0.15) is 0 Å². The number of aromatic nitrogens is 1. The summed E-state index contributed by atoms with van der Waals surface area (Å²) in [6.07, 6.45) is 1.03. The number of amides is 1. The minimum absolute atomic E-state index is 0.0162. The summed E-state index contributed by atoms with van der Waals surface area (Å²) in [5, 5.41) is 2.70. The quantitative estimate of drug-likeness (QED) is 0.841. The number of anilines is 1. The van der Waals surface area contributed by atoms with E-state index < -0.39 is 21.7 Å². The minimum Gasteiger partial charge on any atom is -0.465 e. The van der Waals surface area contributed by atoms with Gasteiger partial charge in [0, 0.05) is 6.26 Å². The van der Waals surface area contributed by atoms with Crippen LogP contribution in [0.4, 0.5) is 5.13 Å². The first-order valence-electron chi connectivity index (χ1n) is 6.40. The van der Waals surface area contributed by atoms with Crippen LogP contribution in [-0.2, 0) is 14.6 Å². The van der Waals surface area contributed by atoms with Crippen molar-refractivity contribution in [2.24, 2.45) is 0 Å². The monoisotopic (exact) mass is 354 g/mol. The normalized spacial score (nSPS) is 11.1. The Kier molecular flexibility index (Phi) is 4.81. The molecule has 2 aromatic rings. The van der Waals surface area contributed by atoms with Crippen LogP contribution in [0.1, 0.15) is 25.7 Å². The van der Waals surface area contributed by atoms with Gasteiger partial charge in [-0.15, -0.1) is 0 Å². The number of aryl methyl sites for hydroxylation is 1. The van der Waals surface area contributed by atoms with E-state index >= 15 is 0 Å². The molecule has 2 rings (SSSR count). The lowest BCUT2D eigenvalue weighted by atomic mass is 10.2. The number of ether oxygens (including phenoxy) is 1. The maximum absolute atomic E-state index is 12.3. The molecule has 0 spiro atoms. The Labute approximate surface area is 137 Å². The molecule has 0 saturated carbocycles. The SMILES string of the molecule is COC(=O)c1sc(NC(=O)c2ccccc2S(C)(=O)=O)nc1C. The molecule has 23 heavy (non-hydrogen) atoms. The molecule has 0 saturated heterocycles. The zero-order valence-corrected chi connectivity index (χ0v) is 14.2. The van der Waals surface area contributed by atoms with Crippen molar-refractivity contribution < 1.29 is 22.7 Å². The van der Waals surface area contributed by atoms with Crippen LogP contribution in [0.15, 0.2) is 29.2 Å². The molecule has 1 aromatic carbocycles. The standard InChI is InChI=1S/C14H14N2O5S2/c1-8-11(13(18)21-2)22-14(15-8)16-12(17)9-6-4-5-7-10(9)23(3,19)20/h4-7H,1-3H3,(H,15,16,17). The van der Waals surface area contributed by atoms with Gasteiger partial charge in [-0.25, -0.2) is 18.2 Å². The second-order valence-corrected chi connectivity index (χ2v) is 7.63. The zero-order valence-electron chi connectivity index (χ0n) is 12.6. The van der Waals surface area contributed by atoms with Gasteiger partial charge in [0.2, 0.25) is 0 Å². The van der Waals surface area contributed by atoms with Crippen molar-refractivity contribution in [2.75, 3.05) is 18.7 Å². The van der Waals surface area contributed by atoms with Gasteiger partial charge in [0.1, 0.15) is 4.88 Å². The van der Waals surface area contributed by atoms with Gasteiger partial charge in [-0.3, -0.25) is 10.1 Å². The molecular formula is C14H14N2O5S2. The summed E-state index contributed by atoms with van der Waals surface area (Å²) in [6.45, 7) is 1.61. The van der Waals surface area contributed by atoms with E-state index in [1.54, 1.807) is 13.0 Å². The molecule has 1 N–H and O–H groups in total. The number of carbonyl (C=O) groups excluding carboxylic acids is 2. The Balaban J connectivity index is 2.33. The van der Waals surface area contributed by atoms with E-state index in [0.29, 0.717) is 5.69 Å². The van der Waals surface area contributed by atoms with E-state index in [1.165, 1.54) is 25.3 Å². The highest BCUT2D eigenvalue weighted by Crippen LogP contribution is 2.24. The fraction of sp³-hybridized carbons (Fsp3) is 0.214. The molecule has 0 bridgehead atoms. The van der Waals surface area contributed by atoms with Gasteiger partial charge < -0.3 is 4.74 Å². The topological polar surface area (TPSA) is 102 Å². The molecule has 0 aliphatic rings. The van der Waals surface area contributed by atoms with Crippen LogP contribution in [0, 0.1) is 6.92 Å². The Morgan fingerprint density at radius 1 is 1.26 bits per heavy atom. The first kappa shape index (κ1) is 17.1. The van der Waals surface area contributed by atoms with Crippen LogP contribution in [0.25, 0.3) is 0 Å². The second-order valence-electron chi connectivity index (χ2n) is 4.65. The highest BCUT2D eigenvalue weighted by Gasteiger charge is 2.21. The number of nitrogens with one attached hydrogen (secondary N) is 1. The van der Waals surface area contributed by atoms with Crippen LogP contribution in [0.3, 0.4) is 0 Å². The smallest absolute Gasteiger partial charge is 0.350 e. The first-order chi connectivity index (χ1) is 10.7. The van der Waals surface area contributed by atoms with Crippen molar-refractivity contribution in [3.05, 3.63) is 40.4 Å². The Morgan fingerprint density at radius 2 is 1.91 bits per heavy atom. The van der Waals surface area contributed by atoms with Gasteiger partial charge in [0.15, 0.2) is 15.0 Å². The average molecular weight is 354 g/mol. The van der Waals surface area contributed by atoms with Crippen molar-refractivity contribution in [1.29, 1.82) is 0 Å². The molecular weight excluding hydrogens is 340 g/mol. The number of hydrogen-bond donors (Lipinski definition) is 1. The lowest BCUT2D eigenvalue weighted by Crippen LogP contribution is -2.15. The first-order valence-corrected chi connectivity index (χ1v) is 9.11. The number of methoxy groups -OCH3 is 1. The van der Waals surface area contributed by atoms with Crippen molar-refractivity contribution in [3.8, 4) is 0 Å². The molecule has 0 fully saturated rings. The fourth-order valence-electron chi connectivity index (χ4n) is 1.87. The number of esters is 1. The molecule has 0 aliphatic carbocycles. The molecule has 0 radical (unpaired) electrons. The second kappa shape index (κ2) is 6.47. The van der Waals surface area contributed by atoms with Crippen molar-refractivity contribution in [1.82, 2.24) is 4.98 Å². The number of benzene rings is 1. The highest BCUT2D eigenvalue weighted by molar-refractivity contribution is 7.90. The molecule has 0 atom stereocenters. The Morgan fingerprint density at radius 3 is 2.52 bits per heavy atom. The van der Waals surface area contributed by atoms with Crippen LogP contribution in [0.5, 0.6) is 0 Å². The number of nitrogens with zero attached hydrogens (tertiary/aromatic N) is 1. The number of hydrogen-bond acceptors (Lipinski definition) is 7. The predicted octanol–water partition coefficient (Wildman–Crippen LogP) is 1.89. The van der Waals surface area contributed by atoms with Gasteiger partial charge in [-0.1, -0.05) is 23.5 Å². The third-order valence-electron chi connectivity index (χ3n) is 2.92. The van der Waals surface area contributed by atoms with Crippen LogP contribution < -0.4 is 5.32 Å². The summed E-state index contributed by atoms with van der Waals surface area (Å²) in [6, 6.07) is 5.87. The van der Waals surface area contributed by atoms with Gasteiger partial charge in [0.25, 0.3) is 5.91 Å². The third kappa shape index (κ3) is 3.74. The van der Waals surface area contributed by atoms with Gasteiger partial charge in [0.05, 0.1) is 23.3 Å².